The van der Waals surface area contributed by atoms with Crippen molar-refractivity contribution >= 4 is 30.5 Å². The van der Waals surface area contributed by atoms with Gasteiger partial charge in [-0.05, 0) is 0 Å². The fourth-order valence-corrected chi connectivity index (χ4v) is 13.0. The second-order valence-electron chi connectivity index (χ2n) is 3.91. The van der Waals surface area contributed by atoms with Gasteiger partial charge in [-0.1, -0.05) is 0 Å². The number of imide groups is 1. The van der Waals surface area contributed by atoms with Gasteiger partial charge in [0.2, 0.25) is 0 Å². The Morgan fingerprint density at radius 1 is 1.00 bits per heavy atom. The molecular weight excluding hydrogens is 285 g/mol. The van der Waals surface area contributed by atoms with Crippen LogP contribution in [-0.4, -0.2) is 33.6 Å². The zero-order chi connectivity index (χ0) is 10.8. The molecule has 0 aromatic carbocycles. The van der Waals surface area contributed by atoms with E-state index in [2.05, 4.69) is 20.8 Å². The number of rotatable bonds is 4. The molecule has 14 heavy (non-hydrogen) atoms. The molecule has 1 rings (SSSR count). The van der Waals surface area contributed by atoms with Gasteiger partial charge in [0.1, 0.15) is 0 Å². The third kappa shape index (κ3) is 1.83. The van der Waals surface area contributed by atoms with E-state index >= 15 is 0 Å². The Labute approximate surface area is 90.1 Å². The van der Waals surface area contributed by atoms with Crippen molar-refractivity contribution in [1.82, 2.24) is 3.12 Å². The standard InChI is InChI=1S/C4H5NO2.3C2H5.Sn/c6-3-1-2-4(7)5-3;3*1-2;/h1-2H2,(H,5,6,7);3*1H2,2H3;/q;;;;+1/p-1. The average molecular weight is 304 g/mol. The molecule has 0 unspecified atom stereocenters. The van der Waals surface area contributed by atoms with Gasteiger partial charge in [-0.15, -0.1) is 0 Å². The van der Waals surface area contributed by atoms with Crippen molar-refractivity contribution < 1.29 is 9.59 Å². The second kappa shape index (κ2) is 4.64. The molecule has 0 atom stereocenters. The molecule has 4 heteroatoms. The predicted molar refractivity (Wildman–Crippen MR) is 58.3 cm³/mol. The van der Waals surface area contributed by atoms with Crippen LogP contribution in [0.4, 0.5) is 0 Å². The summed E-state index contributed by atoms with van der Waals surface area (Å²) in [6.07, 6.45) is 0.912. The Hall–Kier alpha value is -0.0613. The third-order valence-corrected chi connectivity index (χ3v) is 18.9. The molecule has 0 bridgehead atoms. The minimum atomic E-state index is -2.57. The van der Waals surface area contributed by atoms with E-state index in [0.717, 1.165) is 13.3 Å². The molecule has 1 aliphatic heterocycles. The second-order valence-corrected chi connectivity index (χ2v) is 18.2. The van der Waals surface area contributed by atoms with Gasteiger partial charge >= 0.3 is 90.1 Å². The van der Waals surface area contributed by atoms with Gasteiger partial charge in [0, 0.05) is 0 Å². The molecule has 0 aliphatic carbocycles. The van der Waals surface area contributed by atoms with E-state index in [1.54, 1.807) is 3.12 Å². The average Bonchev–Trinajstić information content (AvgIpc) is 2.53. The van der Waals surface area contributed by atoms with Gasteiger partial charge in [-0.2, -0.15) is 0 Å². The Morgan fingerprint density at radius 2 is 1.36 bits per heavy atom. The molecule has 1 heterocycles. The normalized spacial score (nSPS) is 18.1. The van der Waals surface area contributed by atoms with Crippen molar-refractivity contribution in [2.24, 2.45) is 0 Å². The SMILES string of the molecule is C[CH2][Sn]([CH2]C)([CH2]C)[N]1C(=O)CCC1=O. The summed E-state index contributed by atoms with van der Waals surface area (Å²) in [5.41, 5.74) is 0. The molecule has 0 N–H and O–H groups in total. The first-order valence-electron chi connectivity index (χ1n) is 5.47. The molecule has 0 spiro atoms. The van der Waals surface area contributed by atoms with Crippen LogP contribution in [0.5, 0.6) is 0 Å². The van der Waals surface area contributed by atoms with Crippen LogP contribution in [0.1, 0.15) is 33.6 Å². The van der Waals surface area contributed by atoms with E-state index in [9.17, 15) is 9.59 Å². The van der Waals surface area contributed by atoms with Crippen molar-refractivity contribution in [3.63, 3.8) is 0 Å². The van der Waals surface area contributed by atoms with Gasteiger partial charge in [0.15, 0.2) is 0 Å². The van der Waals surface area contributed by atoms with Crippen LogP contribution in [0, 0.1) is 0 Å². The van der Waals surface area contributed by atoms with Crippen LogP contribution in [0.15, 0.2) is 0 Å². The van der Waals surface area contributed by atoms with E-state index in [-0.39, 0.29) is 11.8 Å². The summed E-state index contributed by atoms with van der Waals surface area (Å²) in [5.74, 6) is 0.215. The summed E-state index contributed by atoms with van der Waals surface area (Å²) in [6.45, 7) is 6.42. The zero-order valence-corrected chi connectivity index (χ0v) is 12.2. The fourth-order valence-electron chi connectivity index (χ4n) is 2.33. The summed E-state index contributed by atoms with van der Waals surface area (Å²) in [5, 5.41) is 0. The molecule has 3 nitrogen and oxygen atoms in total. The van der Waals surface area contributed by atoms with Crippen LogP contribution in [0.2, 0.25) is 13.3 Å². The Balaban J connectivity index is 2.97. The monoisotopic (exact) mass is 305 g/mol. The van der Waals surface area contributed by atoms with Crippen LogP contribution in [0.25, 0.3) is 0 Å². The van der Waals surface area contributed by atoms with Crippen LogP contribution >= 0.6 is 0 Å². The topological polar surface area (TPSA) is 37.4 Å². The molecular formula is C10H19NO2Sn. The van der Waals surface area contributed by atoms with Crippen LogP contribution < -0.4 is 0 Å². The van der Waals surface area contributed by atoms with Gasteiger partial charge < -0.3 is 0 Å². The van der Waals surface area contributed by atoms with Gasteiger partial charge in [0.05, 0.1) is 0 Å². The fraction of sp³-hybridized carbons (Fsp3) is 0.800. The molecule has 0 radical (unpaired) electrons. The molecule has 0 aromatic heterocycles. The Kier molecular flexibility index (Phi) is 3.98. The molecule has 1 saturated heterocycles. The van der Waals surface area contributed by atoms with Gasteiger partial charge in [-0.25, -0.2) is 0 Å². The van der Waals surface area contributed by atoms with E-state index in [4.69, 9.17) is 0 Å². The summed E-state index contributed by atoms with van der Waals surface area (Å²) < 4.78 is 4.94. The molecule has 1 aliphatic rings. The van der Waals surface area contributed by atoms with E-state index < -0.39 is 18.7 Å². The van der Waals surface area contributed by atoms with Crippen LogP contribution in [-0.2, 0) is 9.59 Å². The van der Waals surface area contributed by atoms with Gasteiger partial charge in [-0.3, -0.25) is 0 Å². The number of hydrogen-bond donors (Lipinski definition) is 0. The molecule has 80 valence electrons. The van der Waals surface area contributed by atoms with E-state index in [1.807, 2.05) is 0 Å². The van der Waals surface area contributed by atoms with Crippen molar-refractivity contribution in [2.75, 3.05) is 0 Å². The van der Waals surface area contributed by atoms with E-state index in [0.29, 0.717) is 12.8 Å². The zero-order valence-electron chi connectivity index (χ0n) is 9.30. The molecule has 1 fully saturated rings. The Morgan fingerprint density at radius 3 is 1.64 bits per heavy atom. The number of carbonyl (C=O) groups excluding carboxylic acids is 2. The predicted octanol–water partition coefficient (Wildman–Crippen LogP) is 2.14. The molecule has 2 amide bonds. The summed E-state index contributed by atoms with van der Waals surface area (Å²) >= 11 is -2.57. The maximum atomic E-state index is 11.7. The number of hydrogen-bond acceptors (Lipinski definition) is 2. The number of carbonyl (C=O) groups is 2. The number of nitrogens with zero attached hydrogens (tertiary/aromatic N) is 1. The summed E-state index contributed by atoms with van der Waals surface area (Å²) in [6, 6.07) is 0. The first-order valence-corrected chi connectivity index (χ1v) is 12.8. The summed E-state index contributed by atoms with van der Waals surface area (Å²) in [7, 11) is 0. The van der Waals surface area contributed by atoms with E-state index in [1.165, 1.54) is 0 Å². The van der Waals surface area contributed by atoms with Crippen molar-refractivity contribution in [2.45, 2.75) is 46.9 Å². The molecule has 0 aromatic rings. The van der Waals surface area contributed by atoms with Gasteiger partial charge in [0.25, 0.3) is 0 Å². The van der Waals surface area contributed by atoms with Crippen LogP contribution in [0.3, 0.4) is 0 Å². The van der Waals surface area contributed by atoms with Crippen molar-refractivity contribution in [3.8, 4) is 0 Å². The first kappa shape index (κ1) is 12.0. The first-order chi connectivity index (χ1) is 6.61. The molecule has 0 saturated carbocycles. The Bertz CT molecular complexity index is 224. The minimum absolute atomic E-state index is 0.108. The summed E-state index contributed by atoms with van der Waals surface area (Å²) in [4.78, 5) is 23.3. The maximum absolute atomic E-state index is 11.7. The number of amides is 2. The third-order valence-electron chi connectivity index (χ3n) is 3.50. The quantitative estimate of drug-likeness (QED) is 0.589. The van der Waals surface area contributed by atoms with Crippen molar-refractivity contribution in [3.05, 3.63) is 0 Å². The van der Waals surface area contributed by atoms with Crippen molar-refractivity contribution in [1.29, 1.82) is 0 Å².